The maximum absolute atomic E-state index is 12.5. The van der Waals surface area contributed by atoms with Crippen LogP contribution >= 0.6 is 0 Å². The van der Waals surface area contributed by atoms with Gasteiger partial charge in [0, 0.05) is 19.1 Å². The highest BCUT2D eigenvalue weighted by atomic mass is 32.2. The van der Waals surface area contributed by atoms with E-state index >= 15 is 0 Å². The molecule has 1 heterocycles. The van der Waals surface area contributed by atoms with E-state index in [2.05, 4.69) is 5.32 Å². The average Bonchev–Trinajstić information content (AvgIpc) is 2.71. The van der Waals surface area contributed by atoms with Crippen LogP contribution in [-0.2, 0) is 24.3 Å². The van der Waals surface area contributed by atoms with Crippen LogP contribution in [0.1, 0.15) is 37.0 Å². The molecule has 1 saturated heterocycles. The van der Waals surface area contributed by atoms with Gasteiger partial charge in [0.25, 0.3) is 5.91 Å². The number of rotatable bonds is 8. The van der Waals surface area contributed by atoms with Crippen LogP contribution in [0.4, 0.5) is 0 Å². The number of esters is 1. The van der Waals surface area contributed by atoms with Crippen LogP contribution < -0.4 is 5.32 Å². The van der Waals surface area contributed by atoms with Crippen LogP contribution in [-0.4, -0.2) is 63.6 Å². The van der Waals surface area contributed by atoms with Gasteiger partial charge in [-0.2, -0.15) is 4.31 Å². The zero-order chi connectivity index (χ0) is 19.9. The van der Waals surface area contributed by atoms with Crippen molar-refractivity contribution in [1.82, 2.24) is 9.62 Å². The van der Waals surface area contributed by atoms with Gasteiger partial charge >= 0.3 is 5.97 Å². The van der Waals surface area contributed by atoms with E-state index < -0.39 is 16.0 Å². The second-order valence-corrected chi connectivity index (χ2v) is 8.14. The highest BCUT2D eigenvalue weighted by molar-refractivity contribution is 7.89. The summed E-state index contributed by atoms with van der Waals surface area (Å²) in [7, 11) is -3.61. The largest absolute Gasteiger partial charge is 0.452 e. The number of amides is 1. The summed E-state index contributed by atoms with van der Waals surface area (Å²) in [6.45, 7) is 4.89. The first-order valence-corrected chi connectivity index (χ1v) is 10.5. The summed E-state index contributed by atoms with van der Waals surface area (Å²) in [5, 5.41) is 2.78. The minimum Gasteiger partial charge on any atom is -0.452 e. The van der Waals surface area contributed by atoms with Gasteiger partial charge in [0.05, 0.1) is 23.7 Å². The number of nitrogens with zero attached hydrogens (tertiary/aromatic N) is 1. The Morgan fingerprint density at radius 1 is 1.15 bits per heavy atom. The summed E-state index contributed by atoms with van der Waals surface area (Å²) < 4.78 is 36.6. The third-order valence-corrected chi connectivity index (χ3v) is 6.30. The van der Waals surface area contributed by atoms with E-state index in [1.165, 1.54) is 28.6 Å². The van der Waals surface area contributed by atoms with Gasteiger partial charge in [-0.1, -0.05) is 13.8 Å². The van der Waals surface area contributed by atoms with E-state index in [1.54, 1.807) is 0 Å². The van der Waals surface area contributed by atoms with Crippen molar-refractivity contribution in [1.29, 1.82) is 0 Å². The number of benzene rings is 1. The lowest BCUT2D eigenvalue weighted by molar-refractivity contribution is -0.125. The number of hydrogen-bond donors (Lipinski definition) is 1. The molecule has 1 fully saturated rings. The Bertz CT molecular complexity index is 738. The zero-order valence-electron chi connectivity index (χ0n) is 15.6. The summed E-state index contributed by atoms with van der Waals surface area (Å²) >= 11 is 0. The fourth-order valence-electron chi connectivity index (χ4n) is 2.68. The number of morpholine rings is 1. The maximum Gasteiger partial charge on any atom is 0.338 e. The smallest absolute Gasteiger partial charge is 0.338 e. The van der Waals surface area contributed by atoms with E-state index in [4.69, 9.17) is 9.47 Å². The molecule has 0 bridgehead atoms. The normalized spacial score (nSPS) is 15.5. The quantitative estimate of drug-likeness (QED) is 0.660. The van der Waals surface area contributed by atoms with Gasteiger partial charge in [0.15, 0.2) is 6.61 Å². The Hall–Kier alpha value is -1.97. The molecule has 2 rings (SSSR count). The van der Waals surface area contributed by atoms with Gasteiger partial charge in [-0.25, -0.2) is 13.2 Å². The third-order valence-electron chi connectivity index (χ3n) is 4.38. The molecule has 1 N–H and O–H groups in total. The highest BCUT2D eigenvalue weighted by Gasteiger charge is 2.26. The molecule has 1 aromatic carbocycles. The fraction of sp³-hybridized carbons (Fsp3) is 0.556. The summed E-state index contributed by atoms with van der Waals surface area (Å²) in [6.07, 6.45) is 1.60. The predicted octanol–water partition coefficient (Wildman–Crippen LogP) is 1.17. The third kappa shape index (κ3) is 5.75. The molecule has 0 aromatic heterocycles. The van der Waals surface area contributed by atoms with E-state index in [0.717, 1.165) is 12.8 Å². The monoisotopic (exact) mass is 398 g/mol. The first kappa shape index (κ1) is 21.3. The van der Waals surface area contributed by atoms with Crippen LogP contribution in [0.2, 0.25) is 0 Å². The standard InChI is InChI=1S/C18H26N2O6S/c1-3-15(4-2)19-17(21)13-26-18(22)14-5-7-16(8-6-14)27(23,24)20-9-11-25-12-10-20/h5-8,15H,3-4,9-13H2,1-2H3,(H,19,21). The van der Waals surface area contributed by atoms with Crippen molar-refractivity contribution in [2.24, 2.45) is 0 Å². The first-order valence-electron chi connectivity index (χ1n) is 9.03. The Morgan fingerprint density at radius 3 is 2.30 bits per heavy atom. The topological polar surface area (TPSA) is 102 Å². The number of hydrogen-bond acceptors (Lipinski definition) is 6. The molecule has 1 aliphatic heterocycles. The van der Waals surface area contributed by atoms with Crippen LogP contribution in [0.15, 0.2) is 29.2 Å². The van der Waals surface area contributed by atoms with Crippen molar-refractivity contribution >= 4 is 21.9 Å². The summed E-state index contributed by atoms with van der Waals surface area (Å²) in [6, 6.07) is 5.56. The molecule has 8 nitrogen and oxygen atoms in total. The summed E-state index contributed by atoms with van der Waals surface area (Å²) in [5.41, 5.74) is 0.186. The number of ether oxygens (including phenoxy) is 2. The second-order valence-electron chi connectivity index (χ2n) is 6.20. The van der Waals surface area contributed by atoms with Gasteiger partial charge in [0.2, 0.25) is 10.0 Å². The second kappa shape index (κ2) is 9.82. The van der Waals surface area contributed by atoms with E-state index in [-0.39, 0.29) is 29.0 Å². The molecule has 27 heavy (non-hydrogen) atoms. The number of carbonyl (C=O) groups excluding carboxylic acids is 2. The fourth-order valence-corrected chi connectivity index (χ4v) is 4.08. The van der Waals surface area contributed by atoms with E-state index in [0.29, 0.717) is 26.3 Å². The molecular weight excluding hydrogens is 372 g/mol. The molecule has 0 spiro atoms. The Labute approximate surface area is 159 Å². The highest BCUT2D eigenvalue weighted by Crippen LogP contribution is 2.18. The van der Waals surface area contributed by atoms with Crippen LogP contribution in [0, 0.1) is 0 Å². The maximum atomic E-state index is 12.5. The minimum absolute atomic E-state index is 0.0564. The van der Waals surface area contributed by atoms with Gasteiger partial charge in [-0.15, -0.1) is 0 Å². The van der Waals surface area contributed by atoms with Crippen molar-refractivity contribution in [3.8, 4) is 0 Å². The molecule has 1 aliphatic rings. The Kier molecular flexibility index (Phi) is 7.76. The SMILES string of the molecule is CCC(CC)NC(=O)COC(=O)c1ccc(S(=O)(=O)N2CCOCC2)cc1. The molecule has 9 heteroatoms. The molecule has 1 aromatic rings. The van der Waals surface area contributed by atoms with Crippen LogP contribution in [0.25, 0.3) is 0 Å². The lowest BCUT2D eigenvalue weighted by Gasteiger charge is -2.26. The van der Waals surface area contributed by atoms with Crippen molar-refractivity contribution < 1.29 is 27.5 Å². The molecule has 0 radical (unpaired) electrons. The first-order chi connectivity index (χ1) is 12.9. The van der Waals surface area contributed by atoms with Gasteiger partial charge in [0.1, 0.15) is 0 Å². The van der Waals surface area contributed by atoms with Gasteiger partial charge in [-0.3, -0.25) is 4.79 Å². The predicted molar refractivity (Wildman–Crippen MR) is 98.8 cm³/mol. The molecule has 1 amide bonds. The van der Waals surface area contributed by atoms with E-state index in [9.17, 15) is 18.0 Å². The number of carbonyl (C=O) groups is 2. The molecule has 0 atom stereocenters. The van der Waals surface area contributed by atoms with Crippen molar-refractivity contribution in [2.45, 2.75) is 37.6 Å². The van der Waals surface area contributed by atoms with Crippen molar-refractivity contribution in [3.05, 3.63) is 29.8 Å². The zero-order valence-corrected chi connectivity index (χ0v) is 16.5. The molecule has 150 valence electrons. The number of sulfonamides is 1. The lowest BCUT2D eigenvalue weighted by Crippen LogP contribution is -2.40. The minimum atomic E-state index is -3.61. The molecule has 0 aliphatic carbocycles. The van der Waals surface area contributed by atoms with Gasteiger partial charge in [-0.05, 0) is 37.1 Å². The number of nitrogens with one attached hydrogen (secondary N) is 1. The van der Waals surface area contributed by atoms with Gasteiger partial charge < -0.3 is 14.8 Å². The Balaban J connectivity index is 1.94. The van der Waals surface area contributed by atoms with Crippen molar-refractivity contribution in [3.63, 3.8) is 0 Å². The lowest BCUT2D eigenvalue weighted by atomic mass is 10.2. The van der Waals surface area contributed by atoms with E-state index in [1.807, 2.05) is 13.8 Å². The summed E-state index contributed by atoms with van der Waals surface area (Å²) in [5.74, 6) is -1.03. The molecule has 0 unspecified atom stereocenters. The molecular formula is C18H26N2O6S. The Morgan fingerprint density at radius 2 is 1.74 bits per heavy atom. The average molecular weight is 398 g/mol. The molecule has 0 saturated carbocycles. The van der Waals surface area contributed by atoms with Crippen LogP contribution in [0.3, 0.4) is 0 Å². The van der Waals surface area contributed by atoms with Crippen LogP contribution in [0.5, 0.6) is 0 Å². The summed E-state index contributed by atoms with van der Waals surface area (Å²) in [4.78, 5) is 23.9. The van der Waals surface area contributed by atoms with Crippen molar-refractivity contribution in [2.75, 3.05) is 32.9 Å².